The molecule has 3 heterocycles. The number of nitrogens with one attached hydrogen (secondary N) is 1. The Morgan fingerprint density at radius 3 is 2.79 bits per heavy atom. The summed E-state index contributed by atoms with van der Waals surface area (Å²) in [5, 5.41) is 3.64. The zero-order valence-corrected chi connectivity index (χ0v) is 17.2. The van der Waals surface area contributed by atoms with Crippen LogP contribution < -0.4 is 10.1 Å². The first-order valence-electron chi connectivity index (χ1n) is 10.8. The molecule has 1 aliphatic heterocycles. The first kappa shape index (κ1) is 18.6. The molecule has 0 bridgehead atoms. The van der Waals surface area contributed by atoms with Crippen LogP contribution in [0, 0.1) is 12.8 Å². The topological polar surface area (TPSA) is 41.8 Å². The van der Waals surface area contributed by atoms with Crippen LogP contribution in [0.4, 0.5) is 0 Å². The van der Waals surface area contributed by atoms with Gasteiger partial charge in [-0.15, -0.1) is 0 Å². The minimum absolute atomic E-state index is 0.484. The van der Waals surface area contributed by atoms with E-state index >= 15 is 0 Å². The van der Waals surface area contributed by atoms with Crippen LogP contribution in [0.25, 0.3) is 5.65 Å². The number of hydrogen-bond donors (Lipinski definition) is 1. The molecule has 0 amide bonds. The van der Waals surface area contributed by atoms with Crippen molar-refractivity contribution in [2.24, 2.45) is 5.92 Å². The molecule has 29 heavy (non-hydrogen) atoms. The van der Waals surface area contributed by atoms with Gasteiger partial charge in [0.1, 0.15) is 18.0 Å². The fourth-order valence-electron chi connectivity index (χ4n) is 4.36. The third-order valence-corrected chi connectivity index (χ3v) is 6.18. The zero-order valence-electron chi connectivity index (χ0n) is 17.2. The van der Waals surface area contributed by atoms with Crippen LogP contribution in [0.2, 0.25) is 0 Å². The molecule has 2 aliphatic rings. The molecular weight excluding hydrogens is 360 g/mol. The normalized spacial score (nSPS) is 19.8. The summed E-state index contributed by atoms with van der Waals surface area (Å²) in [6, 6.07) is 13.5. The lowest BCUT2D eigenvalue weighted by Gasteiger charge is -2.15. The highest BCUT2D eigenvalue weighted by atomic mass is 16.5. The second kappa shape index (κ2) is 8.17. The third kappa shape index (κ3) is 4.46. The van der Waals surface area contributed by atoms with Gasteiger partial charge in [-0.2, -0.15) is 0 Å². The van der Waals surface area contributed by atoms with Crippen LogP contribution in [-0.2, 0) is 13.2 Å². The third-order valence-electron chi connectivity index (χ3n) is 6.18. The summed E-state index contributed by atoms with van der Waals surface area (Å²) in [6.45, 7) is 7.19. The summed E-state index contributed by atoms with van der Waals surface area (Å²) in [7, 11) is 0. The zero-order chi connectivity index (χ0) is 19.6. The van der Waals surface area contributed by atoms with E-state index in [1.54, 1.807) is 0 Å². The molecular formula is C24H30N4O. The van der Waals surface area contributed by atoms with E-state index in [0.717, 1.165) is 42.1 Å². The maximum absolute atomic E-state index is 5.94. The fraction of sp³-hybridized carbons (Fsp3) is 0.458. The average molecular weight is 391 g/mol. The van der Waals surface area contributed by atoms with Gasteiger partial charge < -0.3 is 19.4 Å². The minimum atomic E-state index is 0.484. The second-order valence-corrected chi connectivity index (χ2v) is 8.60. The lowest BCUT2D eigenvalue weighted by molar-refractivity contribution is 0.302. The molecule has 3 aromatic rings. The van der Waals surface area contributed by atoms with Gasteiger partial charge in [-0.25, -0.2) is 4.98 Å². The predicted molar refractivity (Wildman–Crippen MR) is 115 cm³/mol. The number of nitrogens with zero attached hydrogens (tertiary/aromatic N) is 3. The molecule has 152 valence electrons. The molecule has 1 N–H and O–H groups in total. The van der Waals surface area contributed by atoms with Gasteiger partial charge in [-0.3, -0.25) is 0 Å². The first-order chi connectivity index (χ1) is 14.2. The van der Waals surface area contributed by atoms with Crippen molar-refractivity contribution in [1.82, 2.24) is 19.6 Å². The molecule has 5 heteroatoms. The van der Waals surface area contributed by atoms with Gasteiger partial charge in [0.05, 0.1) is 5.69 Å². The van der Waals surface area contributed by atoms with Crippen molar-refractivity contribution >= 4 is 5.65 Å². The highest BCUT2D eigenvalue weighted by Gasteiger charge is 2.33. The van der Waals surface area contributed by atoms with Gasteiger partial charge in [0.25, 0.3) is 0 Å². The molecule has 5 nitrogen and oxygen atoms in total. The minimum Gasteiger partial charge on any atom is -0.487 e. The smallest absolute Gasteiger partial charge is 0.140 e. The predicted octanol–water partition coefficient (Wildman–Crippen LogP) is 3.80. The van der Waals surface area contributed by atoms with E-state index in [-0.39, 0.29) is 0 Å². The van der Waals surface area contributed by atoms with Crippen LogP contribution >= 0.6 is 0 Å². The van der Waals surface area contributed by atoms with Crippen molar-refractivity contribution in [3.8, 4) is 5.75 Å². The SMILES string of the molecule is Cc1cccn2cc(COc3ccc(CNCC4CCN(C5CC5)C4)cc3)nc12. The first-order valence-corrected chi connectivity index (χ1v) is 10.8. The molecule has 1 aliphatic carbocycles. The Morgan fingerprint density at radius 2 is 2.00 bits per heavy atom. The van der Waals surface area contributed by atoms with Gasteiger partial charge in [0, 0.05) is 31.5 Å². The van der Waals surface area contributed by atoms with E-state index in [0.29, 0.717) is 6.61 Å². The molecule has 1 atom stereocenters. The number of benzene rings is 1. The summed E-state index contributed by atoms with van der Waals surface area (Å²) >= 11 is 0. The number of aromatic nitrogens is 2. The summed E-state index contributed by atoms with van der Waals surface area (Å²) in [4.78, 5) is 7.35. The van der Waals surface area contributed by atoms with Crippen molar-refractivity contribution in [1.29, 1.82) is 0 Å². The standard InChI is InChI=1S/C24H30N4O/c1-18-3-2-11-28-16-21(26-24(18)28)17-29-23-8-4-19(5-9-23)13-25-14-20-10-12-27(15-20)22-6-7-22/h2-5,8-9,11,16,20,22,25H,6-7,10,12-15,17H2,1H3. The van der Waals surface area contributed by atoms with Crippen molar-refractivity contribution in [2.45, 2.75) is 45.4 Å². The number of rotatable bonds is 8. The maximum atomic E-state index is 5.94. The largest absolute Gasteiger partial charge is 0.487 e. The van der Waals surface area contributed by atoms with Gasteiger partial charge >= 0.3 is 0 Å². The molecule has 0 radical (unpaired) electrons. The molecule has 1 unspecified atom stereocenters. The van der Waals surface area contributed by atoms with Crippen molar-refractivity contribution in [3.63, 3.8) is 0 Å². The molecule has 1 saturated carbocycles. The van der Waals surface area contributed by atoms with Gasteiger partial charge in [-0.05, 0) is 74.5 Å². The molecule has 2 fully saturated rings. The van der Waals surface area contributed by atoms with Crippen molar-refractivity contribution in [2.75, 3.05) is 19.6 Å². The van der Waals surface area contributed by atoms with Gasteiger partial charge in [-0.1, -0.05) is 18.2 Å². The number of fused-ring (bicyclic) bond motifs is 1. The number of aryl methyl sites for hydroxylation is 1. The molecule has 5 rings (SSSR count). The molecule has 1 aromatic carbocycles. The van der Waals surface area contributed by atoms with Crippen molar-refractivity contribution in [3.05, 3.63) is 65.6 Å². The summed E-state index contributed by atoms with van der Waals surface area (Å²) in [5.41, 5.74) is 4.42. The highest BCUT2D eigenvalue weighted by molar-refractivity contribution is 5.47. The van der Waals surface area contributed by atoms with Crippen LogP contribution in [-0.4, -0.2) is 40.0 Å². The van der Waals surface area contributed by atoms with E-state index in [1.807, 2.05) is 18.5 Å². The Bertz CT molecular complexity index is 961. The Labute approximate surface area is 172 Å². The Hall–Kier alpha value is -2.37. The lowest BCUT2D eigenvalue weighted by atomic mass is 10.1. The average Bonchev–Trinajstić information content (AvgIpc) is 3.32. The molecule has 0 spiro atoms. The van der Waals surface area contributed by atoms with Gasteiger partial charge in [0.15, 0.2) is 0 Å². The van der Waals surface area contributed by atoms with E-state index in [9.17, 15) is 0 Å². The number of ether oxygens (including phenoxy) is 1. The van der Waals surface area contributed by atoms with Crippen LogP contribution in [0.15, 0.2) is 48.8 Å². The monoisotopic (exact) mass is 390 g/mol. The van der Waals surface area contributed by atoms with Crippen LogP contribution in [0.3, 0.4) is 0 Å². The fourth-order valence-corrected chi connectivity index (χ4v) is 4.36. The quantitative estimate of drug-likeness (QED) is 0.635. The Balaban J connectivity index is 1.08. The van der Waals surface area contributed by atoms with Crippen LogP contribution in [0.5, 0.6) is 5.75 Å². The number of pyridine rings is 1. The van der Waals surface area contributed by atoms with E-state index < -0.39 is 0 Å². The lowest BCUT2D eigenvalue weighted by Crippen LogP contribution is -2.27. The maximum Gasteiger partial charge on any atom is 0.140 e. The number of imidazole rings is 1. The Kier molecular flexibility index (Phi) is 5.25. The number of hydrogen-bond acceptors (Lipinski definition) is 4. The van der Waals surface area contributed by atoms with E-state index in [4.69, 9.17) is 4.74 Å². The highest BCUT2D eigenvalue weighted by Crippen LogP contribution is 2.31. The summed E-state index contributed by atoms with van der Waals surface area (Å²) < 4.78 is 7.99. The summed E-state index contributed by atoms with van der Waals surface area (Å²) in [5.74, 6) is 1.70. The van der Waals surface area contributed by atoms with Gasteiger partial charge in [0.2, 0.25) is 0 Å². The summed E-state index contributed by atoms with van der Waals surface area (Å²) in [6.07, 6.45) is 8.25. The van der Waals surface area contributed by atoms with E-state index in [1.165, 1.54) is 43.5 Å². The van der Waals surface area contributed by atoms with Crippen molar-refractivity contribution < 1.29 is 4.74 Å². The second-order valence-electron chi connectivity index (χ2n) is 8.60. The van der Waals surface area contributed by atoms with Crippen LogP contribution in [0.1, 0.15) is 36.1 Å². The number of likely N-dealkylation sites (tertiary alicyclic amines) is 1. The van der Waals surface area contributed by atoms with E-state index in [2.05, 4.69) is 56.9 Å². The molecule has 1 saturated heterocycles. The molecule has 2 aromatic heterocycles. The Morgan fingerprint density at radius 1 is 1.14 bits per heavy atom.